The minimum atomic E-state index is -0.889. The molecule has 1 saturated heterocycles. The first-order valence-electron chi connectivity index (χ1n) is 9.44. The maximum atomic E-state index is 11.9. The van der Waals surface area contributed by atoms with Crippen molar-refractivity contribution in [3.63, 3.8) is 0 Å². The van der Waals surface area contributed by atoms with Gasteiger partial charge in [-0.25, -0.2) is 4.79 Å². The summed E-state index contributed by atoms with van der Waals surface area (Å²) < 4.78 is 0. The van der Waals surface area contributed by atoms with E-state index in [1.807, 2.05) is 50.1 Å². The third kappa shape index (κ3) is 6.52. The Bertz CT molecular complexity index is 880. The summed E-state index contributed by atoms with van der Waals surface area (Å²) in [6.45, 7) is 0. The van der Waals surface area contributed by atoms with E-state index in [2.05, 4.69) is 5.32 Å². The van der Waals surface area contributed by atoms with Crippen LogP contribution < -0.4 is 15.1 Å². The number of carbonyl (C=O) groups is 3. The molecule has 0 bridgehead atoms. The SMILES string of the molecule is CN(C)c1ccc(C(=O)NC2CCSC2=O)cc1.CN(C)c1ccc(C(=O)O)cc1. The molecule has 1 aliphatic heterocycles. The fraction of sp³-hybridized carbons (Fsp3) is 0.318. The van der Waals surface area contributed by atoms with Crippen molar-refractivity contribution in [1.29, 1.82) is 0 Å². The van der Waals surface area contributed by atoms with Crippen LogP contribution in [0.15, 0.2) is 48.5 Å². The van der Waals surface area contributed by atoms with E-state index in [4.69, 9.17) is 5.11 Å². The van der Waals surface area contributed by atoms with E-state index in [0.29, 0.717) is 11.1 Å². The molecule has 160 valence electrons. The summed E-state index contributed by atoms with van der Waals surface area (Å²) in [6.07, 6.45) is 0.727. The molecule has 0 spiro atoms. The molecule has 7 nitrogen and oxygen atoms in total. The Morgan fingerprint density at radius 2 is 1.37 bits per heavy atom. The van der Waals surface area contributed by atoms with Crippen LogP contribution >= 0.6 is 11.8 Å². The van der Waals surface area contributed by atoms with Gasteiger partial charge in [-0.2, -0.15) is 0 Å². The maximum absolute atomic E-state index is 11.9. The van der Waals surface area contributed by atoms with Gasteiger partial charge in [0, 0.05) is 50.9 Å². The summed E-state index contributed by atoms with van der Waals surface area (Å²) in [5.74, 6) is -0.273. The number of carboxylic acids is 1. The second kappa shape index (κ2) is 10.7. The Labute approximate surface area is 181 Å². The Morgan fingerprint density at radius 3 is 1.73 bits per heavy atom. The number of carbonyl (C=O) groups excluding carboxylic acids is 2. The van der Waals surface area contributed by atoms with Gasteiger partial charge in [0.15, 0.2) is 0 Å². The molecule has 1 unspecified atom stereocenters. The number of hydrogen-bond acceptors (Lipinski definition) is 6. The van der Waals surface area contributed by atoms with E-state index in [1.54, 1.807) is 36.4 Å². The fourth-order valence-electron chi connectivity index (χ4n) is 2.68. The average molecular weight is 430 g/mol. The molecule has 1 amide bonds. The highest BCUT2D eigenvalue weighted by molar-refractivity contribution is 8.14. The van der Waals surface area contributed by atoms with E-state index >= 15 is 0 Å². The number of rotatable bonds is 5. The summed E-state index contributed by atoms with van der Waals surface area (Å²) >= 11 is 1.29. The maximum Gasteiger partial charge on any atom is 0.335 e. The summed E-state index contributed by atoms with van der Waals surface area (Å²) in [7, 11) is 7.72. The monoisotopic (exact) mass is 429 g/mol. The number of hydrogen-bond donors (Lipinski definition) is 2. The summed E-state index contributed by atoms with van der Waals surface area (Å²) in [5.41, 5.74) is 2.95. The quantitative estimate of drug-likeness (QED) is 0.755. The van der Waals surface area contributed by atoms with Crippen molar-refractivity contribution in [2.45, 2.75) is 12.5 Å². The van der Waals surface area contributed by atoms with E-state index < -0.39 is 5.97 Å². The lowest BCUT2D eigenvalue weighted by atomic mass is 10.1. The molecular formula is C22H27N3O4S. The van der Waals surface area contributed by atoms with Gasteiger partial charge in [-0.05, 0) is 55.0 Å². The normalized spacial score (nSPS) is 15.1. The summed E-state index contributed by atoms with van der Waals surface area (Å²) in [4.78, 5) is 37.7. The second-order valence-electron chi connectivity index (χ2n) is 7.17. The lowest BCUT2D eigenvalue weighted by molar-refractivity contribution is -0.112. The standard InChI is InChI=1S/C13H16N2O2S.C9H11NO2/c1-15(2)10-5-3-9(4-6-10)12(16)14-11-7-8-18-13(11)17;1-10(2)8-5-3-7(4-6-8)9(11)12/h3-6,11H,7-8H2,1-2H3,(H,14,16);3-6H,1-2H3,(H,11,12). The van der Waals surface area contributed by atoms with Crippen LogP contribution in [0.4, 0.5) is 11.4 Å². The number of benzene rings is 2. The summed E-state index contributed by atoms with van der Waals surface area (Å²) in [6, 6.07) is 13.8. The molecule has 2 N–H and O–H groups in total. The Balaban J connectivity index is 0.000000232. The topological polar surface area (TPSA) is 90.0 Å². The van der Waals surface area contributed by atoms with Gasteiger partial charge in [-0.1, -0.05) is 11.8 Å². The predicted molar refractivity (Wildman–Crippen MR) is 122 cm³/mol. The van der Waals surface area contributed by atoms with Gasteiger partial charge in [0.2, 0.25) is 5.12 Å². The molecule has 1 aliphatic rings. The van der Waals surface area contributed by atoms with Crippen molar-refractivity contribution in [2.75, 3.05) is 43.7 Å². The molecule has 0 radical (unpaired) electrons. The second-order valence-corrected chi connectivity index (χ2v) is 8.27. The number of amides is 1. The largest absolute Gasteiger partial charge is 0.478 e. The van der Waals surface area contributed by atoms with Crippen molar-refractivity contribution in [3.05, 3.63) is 59.7 Å². The van der Waals surface area contributed by atoms with Crippen molar-refractivity contribution in [1.82, 2.24) is 5.32 Å². The van der Waals surface area contributed by atoms with E-state index in [0.717, 1.165) is 23.5 Å². The van der Waals surface area contributed by atoms with Crippen LogP contribution in [-0.2, 0) is 4.79 Å². The average Bonchev–Trinajstić information content (AvgIpc) is 3.13. The Morgan fingerprint density at radius 1 is 0.900 bits per heavy atom. The van der Waals surface area contributed by atoms with Crippen molar-refractivity contribution >= 4 is 40.1 Å². The van der Waals surface area contributed by atoms with E-state index in [9.17, 15) is 14.4 Å². The van der Waals surface area contributed by atoms with Crippen molar-refractivity contribution in [3.8, 4) is 0 Å². The zero-order valence-electron chi connectivity index (χ0n) is 17.6. The molecule has 1 heterocycles. The molecule has 1 fully saturated rings. The van der Waals surface area contributed by atoms with Gasteiger partial charge in [0.05, 0.1) is 11.6 Å². The van der Waals surface area contributed by atoms with Gasteiger partial charge < -0.3 is 20.2 Å². The number of nitrogens with zero attached hydrogens (tertiary/aromatic N) is 2. The highest BCUT2D eigenvalue weighted by Crippen LogP contribution is 2.20. The van der Waals surface area contributed by atoms with Crippen LogP contribution in [0.2, 0.25) is 0 Å². The molecule has 0 aliphatic carbocycles. The molecule has 30 heavy (non-hydrogen) atoms. The third-order valence-electron chi connectivity index (χ3n) is 4.52. The lowest BCUT2D eigenvalue weighted by Crippen LogP contribution is -2.37. The number of nitrogens with one attached hydrogen (secondary N) is 1. The highest BCUT2D eigenvalue weighted by Gasteiger charge is 2.26. The zero-order valence-corrected chi connectivity index (χ0v) is 18.4. The smallest absolute Gasteiger partial charge is 0.335 e. The van der Waals surface area contributed by atoms with E-state index in [-0.39, 0.29) is 17.1 Å². The van der Waals surface area contributed by atoms with E-state index in [1.165, 1.54) is 11.8 Å². The zero-order chi connectivity index (χ0) is 22.3. The molecule has 3 rings (SSSR count). The Hall–Kier alpha value is -3.00. The van der Waals surface area contributed by atoms with Gasteiger partial charge in [0.1, 0.15) is 0 Å². The predicted octanol–water partition coefficient (Wildman–Crippen LogP) is 2.97. The number of thioether (sulfide) groups is 1. The first kappa shape index (κ1) is 23.3. The van der Waals surface area contributed by atoms with Crippen LogP contribution in [-0.4, -0.2) is 62.1 Å². The van der Waals surface area contributed by atoms with Crippen LogP contribution in [0, 0.1) is 0 Å². The number of anilines is 2. The third-order valence-corrected chi connectivity index (χ3v) is 5.53. The van der Waals surface area contributed by atoms with Crippen molar-refractivity contribution in [2.24, 2.45) is 0 Å². The molecule has 1 atom stereocenters. The Kier molecular flexibility index (Phi) is 8.29. The minimum Gasteiger partial charge on any atom is -0.478 e. The van der Waals surface area contributed by atoms with Crippen LogP contribution in [0.3, 0.4) is 0 Å². The first-order chi connectivity index (χ1) is 14.2. The highest BCUT2D eigenvalue weighted by atomic mass is 32.2. The summed E-state index contributed by atoms with van der Waals surface area (Å²) in [5, 5.41) is 11.4. The number of aromatic carboxylic acids is 1. The van der Waals surface area contributed by atoms with Crippen molar-refractivity contribution < 1.29 is 19.5 Å². The number of carboxylic acid groups (broad SMARTS) is 1. The molecule has 0 saturated carbocycles. The van der Waals surface area contributed by atoms with Crippen LogP contribution in [0.5, 0.6) is 0 Å². The lowest BCUT2D eigenvalue weighted by Gasteiger charge is -2.13. The van der Waals surface area contributed by atoms with Gasteiger partial charge in [-0.3, -0.25) is 9.59 Å². The molecular weight excluding hydrogens is 402 g/mol. The van der Waals surface area contributed by atoms with Crippen LogP contribution in [0.1, 0.15) is 27.1 Å². The minimum absolute atomic E-state index is 0.0632. The van der Waals surface area contributed by atoms with Gasteiger partial charge >= 0.3 is 5.97 Å². The molecule has 8 heteroatoms. The van der Waals surface area contributed by atoms with Gasteiger partial charge in [0.25, 0.3) is 5.91 Å². The molecule has 2 aromatic rings. The fourth-order valence-corrected chi connectivity index (χ4v) is 3.61. The van der Waals surface area contributed by atoms with Crippen LogP contribution in [0.25, 0.3) is 0 Å². The molecule has 0 aromatic heterocycles. The van der Waals surface area contributed by atoms with Gasteiger partial charge in [-0.15, -0.1) is 0 Å². The molecule has 2 aromatic carbocycles. The first-order valence-corrected chi connectivity index (χ1v) is 10.4.